The summed E-state index contributed by atoms with van der Waals surface area (Å²) in [7, 11) is 0. The number of carbonyl (C=O) groups is 3. The van der Waals surface area contributed by atoms with Gasteiger partial charge in [0.25, 0.3) is 11.8 Å². The van der Waals surface area contributed by atoms with E-state index in [9.17, 15) is 19.5 Å². The van der Waals surface area contributed by atoms with Crippen molar-refractivity contribution >= 4 is 23.7 Å². The van der Waals surface area contributed by atoms with Crippen LogP contribution >= 0.6 is 0 Å². The number of aliphatic imine (C=N–C) groups is 1. The number of rotatable bonds is 12. The quantitative estimate of drug-likeness (QED) is 0.179. The SMILES string of the molecule is CCC(C)C(NC(=O)c1ccccc1)c1nc(C(=O)NC(CCCN=C(N)N)C(=O)O)co1. The summed E-state index contributed by atoms with van der Waals surface area (Å²) in [6.07, 6.45) is 2.36. The number of carbonyl (C=O) groups excluding carboxylic acids is 2. The number of carboxylic acids is 1. The largest absolute Gasteiger partial charge is 0.480 e. The normalized spacial score (nSPS) is 13.4. The second-order valence-corrected chi connectivity index (χ2v) is 7.59. The Morgan fingerprint density at radius 1 is 1.15 bits per heavy atom. The molecule has 33 heavy (non-hydrogen) atoms. The standard InChI is InChI=1S/C22H30N6O5/c1-3-13(2)17(28-18(29)14-8-5-4-6-9-14)20-27-16(12-33-20)19(30)26-15(21(31)32)10-7-11-25-22(23)24/h4-6,8-9,12-13,15,17H,3,7,10-11H2,1-2H3,(H,26,30)(H,28,29)(H,31,32)(H4,23,24,25). The number of oxazole rings is 1. The van der Waals surface area contributed by atoms with E-state index < -0.39 is 24.0 Å². The number of nitrogens with one attached hydrogen (secondary N) is 2. The van der Waals surface area contributed by atoms with Crippen molar-refractivity contribution in [1.29, 1.82) is 0 Å². The van der Waals surface area contributed by atoms with Gasteiger partial charge < -0.3 is 31.6 Å². The molecule has 2 aromatic rings. The molecule has 3 atom stereocenters. The molecule has 0 fully saturated rings. The number of amides is 2. The molecule has 0 aliphatic rings. The molecule has 7 N–H and O–H groups in total. The second-order valence-electron chi connectivity index (χ2n) is 7.59. The molecule has 2 rings (SSSR count). The Labute approximate surface area is 191 Å². The molecule has 0 bridgehead atoms. The third-order valence-electron chi connectivity index (χ3n) is 5.10. The highest BCUT2D eigenvalue weighted by Gasteiger charge is 2.28. The molecule has 1 aromatic carbocycles. The third kappa shape index (κ3) is 7.63. The average Bonchev–Trinajstić information content (AvgIpc) is 3.29. The molecule has 0 aliphatic heterocycles. The van der Waals surface area contributed by atoms with Gasteiger partial charge in [0.1, 0.15) is 18.3 Å². The summed E-state index contributed by atoms with van der Waals surface area (Å²) < 4.78 is 5.49. The number of hydrogen-bond acceptors (Lipinski definition) is 6. The molecule has 1 aromatic heterocycles. The maximum atomic E-state index is 12.6. The van der Waals surface area contributed by atoms with Crippen LogP contribution in [-0.4, -0.2) is 46.4 Å². The maximum Gasteiger partial charge on any atom is 0.326 e. The van der Waals surface area contributed by atoms with Crippen LogP contribution in [0.2, 0.25) is 0 Å². The van der Waals surface area contributed by atoms with Crippen LogP contribution in [0.5, 0.6) is 0 Å². The number of aliphatic carboxylic acids is 1. The van der Waals surface area contributed by atoms with Crippen LogP contribution in [0, 0.1) is 5.92 Å². The monoisotopic (exact) mass is 458 g/mol. The van der Waals surface area contributed by atoms with Gasteiger partial charge in [-0.2, -0.15) is 0 Å². The Balaban J connectivity index is 2.09. The fraction of sp³-hybridized carbons (Fsp3) is 0.409. The first-order valence-corrected chi connectivity index (χ1v) is 10.6. The smallest absolute Gasteiger partial charge is 0.326 e. The fourth-order valence-corrected chi connectivity index (χ4v) is 3.03. The molecule has 0 saturated carbocycles. The van der Waals surface area contributed by atoms with E-state index in [0.29, 0.717) is 12.0 Å². The fourth-order valence-electron chi connectivity index (χ4n) is 3.03. The summed E-state index contributed by atoms with van der Waals surface area (Å²) in [6.45, 7) is 4.13. The van der Waals surface area contributed by atoms with Crippen molar-refractivity contribution in [2.45, 2.75) is 45.2 Å². The summed E-state index contributed by atoms with van der Waals surface area (Å²) in [5.74, 6) is -2.14. The van der Waals surface area contributed by atoms with Crippen LogP contribution in [-0.2, 0) is 4.79 Å². The number of aromatic nitrogens is 1. The van der Waals surface area contributed by atoms with Gasteiger partial charge in [0.15, 0.2) is 11.7 Å². The van der Waals surface area contributed by atoms with Crippen LogP contribution in [0.15, 0.2) is 46.0 Å². The predicted octanol–water partition coefficient (Wildman–Crippen LogP) is 1.43. The lowest BCUT2D eigenvalue weighted by Gasteiger charge is -2.21. The van der Waals surface area contributed by atoms with Crippen molar-refractivity contribution in [3.63, 3.8) is 0 Å². The summed E-state index contributed by atoms with van der Waals surface area (Å²) in [5.41, 5.74) is 10.9. The summed E-state index contributed by atoms with van der Waals surface area (Å²) in [5, 5.41) is 14.7. The first-order valence-electron chi connectivity index (χ1n) is 10.6. The molecule has 0 saturated heterocycles. The lowest BCUT2D eigenvalue weighted by Crippen LogP contribution is -2.41. The summed E-state index contributed by atoms with van der Waals surface area (Å²) in [6, 6.07) is 7.00. The van der Waals surface area contributed by atoms with Gasteiger partial charge in [-0.3, -0.25) is 14.6 Å². The number of nitrogens with two attached hydrogens (primary N) is 2. The molecule has 11 nitrogen and oxygen atoms in total. The Morgan fingerprint density at radius 2 is 1.85 bits per heavy atom. The molecule has 1 heterocycles. The Hall–Kier alpha value is -3.89. The highest BCUT2D eigenvalue weighted by atomic mass is 16.4. The lowest BCUT2D eigenvalue weighted by atomic mass is 9.98. The Bertz CT molecular complexity index is 971. The first-order chi connectivity index (χ1) is 15.7. The van der Waals surface area contributed by atoms with Crippen LogP contribution in [0.1, 0.15) is 65.9 Å². The minimum Gasteiger partial charge on any atom is -0.480 e. The zero-order valence-corrected chi connectivity index (χ0v) is 18.7. The molecule has 0 aliphatic carbocycles. The van der Waals surface area contributed by atoms with Gasteiger partial charge in [0, 0.05) is 12.1 Å². The van der Waals surface area contributed by atoms with E-state index in [1.54, 1.807) is 24.3 Å². The molecule has 178 valence electrons. The number of benzene rings is 1. The van der Waals surface area contributed by atoms with E-state index in [1.807, 2.05) is 19.9 Å². The van der Waals surface area contributed by atoms with Crippen LogP contribution in [0.4, 0.5) is 0 Å². The number of carboxylic acid groups (broad SMARTS) is 1. The first kappa shape index (κ1) is 25.4. The summed E-state index contributed by atoms with van der Waals surface area (Å²) >= 11 is 0. The molecular weight excluding hydrogens is 428 g/mol. The van der Waals surface area contributed by atoms with E-state index in [0.717, 1.165) is 12.7 Å². The highest BCUT2D eigenvalue weighted by Crippen LogP contribution is 2.24. The summed E-state index contributed by atoms with van der Waals surface area (Å²) in [4.78, 5) is 44.7. The predicted molar refractivity (Wildman–Crippen MR) is 121 cm³/mol. The van der Waals surface area contributed by atoms with Crippen molar-refractivity contribution in [3.05, 3.63) is 53.7 Å². The number of nitrogens with zero attached hydrogens (tertiary/aromatic N) is 2. The van der Waals surface area contributed by atoms with Crippen molar-refractivity contribution in [2.75, 3.05) is 6.54 Å². The lowest BCUT2D eigenvalue weighted by molar-refractivity contribution is -0.139. The van der Waals surface area contributed by atoms with Gasteiger partial charge in [0.05, 0.1) is 0 Å². The van der Waals surface area contributed by atoms with E-state index in [2.05, 4.69) is 20.6 Å². The van der Waals surface area contributed by atoms with Crippen LogP contribution < -0.4 is 22.1 Å². The van der Waals surface area contributed by atoms with Crippen molar-refractivity contribution in [2.24, 2.45) is 22.4 Å². The van der Waals surface area contributed by atoms with Gasteiger partial charge in [-0.1, -0.05) is 38.5 Å². The minimum atomic E-state index is -1.19. The van der Waals surface area contributed by atoms with Gasteiger partial charge in [-0.15, -0.1) is 0 Å². The molecule has 11 heteroatoms. The van der Waals surface area contributed by atoms with E-state index in [4.69, 9.17) is 15.9 Å². The zero-order valence-electron chi connectivity index (χ0n) is 18.7. The maximum absolute atomic E-state index is 12.6. The van der Waals surface area contributed by atoms with Crippen molar-refractivity contribution in [1.82, 2.24) is 15.6 Å². The van der Waals surface area contributed by atoms with Gasteiger partial charge in [-0.05, 0) is 30.9 Å². The minimum absolute atomic E-state index is 0.0328. The highest BCUT2D eigenvalue weighted by molar-refractivity contribution is 5.95. The Kier molecular flexibility index (Phi) is 9.40. The van der Waals surface area contributed by atoms with Crippen molar-refractivity contribution in [3.8, 4) is 0 Å². The number of guanidine groups is 1. The molecule has 2 amide bonds. The second kappa shape index (κ2) is 12.2. The molecule has 3 unspecified atom stereocenters. The third-order valence-corrected chi connectivity index (χ3v) is 5.10. The number of hydrogen-bond donors (Lipinski definition) is 5. The van der Waals surface area contributed by atoms with Gasteiger partial charge in [-0.25, -0.2) is 9.78 Å². The van der Waals surface area contributed by atoms with Crippen LogP contribution in [0.3, 0.4) is 0 Å². The average molecular weight is 459 g/mol. The molecule has 0 spiro atoms. The molecule has 0 radical (unpaired) electrons. The van der Waals surface area contributed by atoms with E-state index in [1.165, 1.54) is 0 Å². The van der Waals surface area contributed by atoms with E-state index >= 15 is 0 Å². The topological polar surface area (TPSA) is 186 Å². The zero-order chi connectivity index (χ0) is 24.4. The van der Waals surface area contributed by atoms with Crippen molar-refractivity contribution < 1.29 is 23.9 Å². The van der Waals surface area contributed by atoms with Crippen LogP contribution in [0.25, 0.3) is 0 Å². The molecular formula is C22H30N6O5. The van der Waals surface area contributed by atoms with Gasteiger partial charge >= 0.3 is 5.97 Å². The van der Waals surface area contributed by atoms with Gasteiger partial charge in [0.2, 0.25) is 5.89 Å². The Morgan fingerprint density at radius 3 is 2.45 bits per heavy atom. The van der Waals surface area contributed by atoms with E-state index in [-0.39, 0.29) is 42.3 Å².